The predicted molar refractivity (Wildman–Crippen MR) is 78.0 cm³/mol. The molecular weight excluding hydrogens is 223 g/mol. The molecule has 18 heavy (non-hydrogen) atoms. The van der Waals surface area contributed by atoms with Gasteiger partial charge in [-0.25, -0.2) is 4.39 Å². The van der Waals surface area contributed by atoms with Crippen LogP contribution in [-0.2, 0) is 0 Å². The first kappa shape index (κ1) is 15.5. The van der Waals surface area contributed by atoms with Gasteiger partial charge in [-0.05, 0) is 54.6 Å². The lowest BCUT2D eigenvalue weighted by molar-refractivity contribution is 0.211. The summed E-state index contributed by atoms with van der Waals surface area (Å²) in [7, 11) is 0. The Morgan fingerprint density at radius 3 is 2.17 bits per heavy atom. The fourth-order valence-electron chi connectivity index (χ4n) is 3.78. The number of hydrogen-bond acceptors (Lipinski definition) is 0. The van der Waals surface area contributed by atoms with Crippen LogP contribution in [0.25, 0.3) is 0 Å². The Labute approximate surface area is 112 Å². The van der Waals surface area contributed by atoms with Crippen LogP contribution in [0, 0.1) is 29.6 Å². The van der Waals surface area contributed by atoms with Crippen LogP contribution in [0.2, 0.25) is 0 Å². The van der Waals surface area contributed by atoms with Crippen molar-refractivity contribution in [1.82, 2.24) is 0 Å². The highest BCUT2D eigenvalue weighted by atomic mass is 19.1. The molecule has 0 spiro atoms. The molecule has 0 radical (unpaired) electrons. The van der Waals surface area contributed by atoms with Crippen LogP contribution in [0.4, 0.5) is 4.39 Å². The molecular formula is C17H29F. The maximum Gasteiger partial charge on any atom is 0.119 e. The van der Waals surface area contributed by atoms with E-state index in [9.17, 15) is 4.39 Å². The fourth-order valence-corrected chi connectivity index (χ4v) is 3.78. The first-order chi connectivity index (χ1) is 8.38. The Morgan fingerprint density at radius 2 is 1.72 bits per heavy atom. The van der Waals surface area contributed by atoms with Gasteiger partial charge in [0.05, 0.1) is 0 Å². The summed E-state index contributed by atoms with van der Waals surface area (Å²) in [6.07, 6.45) is 5.54. The van der Waals surface area contributed by atoms with E-state index in [1.807, 2.05) is 0 Å². The summed E-state index contributed by atoms with van der Waals surface area (Å²) in [5.41, 5.74) is 1.34. The van der Waals surface area contributed by atoms with E-state index >= 15 is 0 Å². The molecule has 1 aliphatic rings. The van der Waals surface area contributed by atoms with Gasteiger partial charge in [0.2, 0.25) is 0 Å². The van der Waals surface area contributed by atoms with Gasteiger partial charge in [0.15, 0.2) is 0 Å². The molecule has 1 heteroatoms. The van der Waals surface area contributed by atoms with Crippen LogP contribution in [0.3, 0.4) is 0 Å². The van der Waals surface area contributed by atoms with E-state index in [0.717, 1.165) is 12.8 Å². The molecule has 0 saturated carbocycles. The summed E-state index contributed by atoms with van der Waals surface area (Å²) in [5, 5.41) is 0. The van der Waals surface area contributed by atoms with E-state index in [0.29, 0.717) is 29.6 Å². The Kier molecular flexibility index (Phi) is 5.62. The summed E-state index contributed by atoms with van der Waals surface area (Å²) < 4.78 is 13.6. The van der Waals surface area contributed by atoms with Gasteiger partial charge in [0.1, 0.15) is 5.83 Å². The minimum absolute atomic E-state index is 0.0344. The van der Waals surface area contributed by atoms with Crippen LogP contribution in [0.5, 0.6) is 0 Å². The molecule has 0 aromatic rings. The molecule has 0 aromatic carbocycles. The van der Waals surface area contributed by atoms with Gasteiger partial charge >= 0.3 is 0 Å². The molecule has 0 bridgehead atoms. The third-order valence-corrected chi connectivity index (χ3v) is 4.51. The van der Waals surface area contributed by atoms with Gasteiger partial charge in [0, 0.05) is 0 Å². The standard InChI is InChI=1S/C17H29F/c1-7-14-8-9-15(18)10-16(14)13(6)17(11(2)3)12(4)5/h9-14,17H,7-8H2,1-6H3. The summed E-state index contributed by atoms with van der Waals surface area (Å²) >= 11 is 0. The number of halogens is 1. The minimum Gasteiger partial charge on any atom is -0.207 e. The Morgan fingerprint density at radius 1 is 1.17 bits per heavy atom. The summed E-state index contributed by atoms with van der Waals surface area (Å²) in [6, 6.07) is 0. The highest BCUT2D eigenvalue weighted by Gasteiger charge is 2.30. The fraction of sp³-hybridized carbons (Fsp3) is 0.765. The van der Waals surface area contributed by atoms with Crippen LogP contribution in [0.1, 0.15) is 54.4 Å². The molecule has 0 heterocycles. The SMILES string of the molecule is CCC1CC=C(F)C=C1C(C)C(C(C)C)C(C)C. The second kappa shape index (κ2) is 6.54. The lowest BCUT2D eigenvalue weighted by Crippen LogP contribution is -2.28. The highest BCUT2D eigenvalue weighted by Crippen LogP contribution is 2.40. The third-order valence-electron chi connectivity index (χ3n) is 4.51. The Balaban J connectivity index is 2.98. The summed E-state index contributed by atoms with van der Waals surface area (Å²) in [6.45, 7) is 13.7. The molecule has 104 valence electrons. The Hall–Kier alpha value is -0.590. The maximum atomic E-state index is 13.6. The maximum absolute atomic E-state index is 13.6. The molecule has 0 aliphatic heterocycles. The van der Waals surface area contributed by atoms with Crippen LogP contribution >= 0.6 is 0 Å². The van der Waals surface area contributed by atoms with Gasteiger partial charge in [-0.15, -0.1) is 0 Å². The summed E-state index contributed by atoms with van der Waals surface area (Å²) in [5.74, 6) is 2.91. The molecule has 0 N–H and O–H groups in total. The van der Waals surface area contributed by atoms with Gasteiger partial charge in [-0.3, -0.25) is 0 Å². The van der Waals surface area contributed by atoms with Gasteiger partial charge in [0.25, 0.3) is 0 Å². The minimum atomic E-state index is -0.0344. The average Bonchev–Trinajstić information content (AvgIpc) is 2.27. The smallest absolute Gasteiger partial charge is 0.119 e. The molecule has 2 atom stereocenters. The van der Waals surface area contributed by atoms with Crippen molar-refractivity contribution in [3.05, 3.63) is 23.6 Å². The molecule has 0 nitrogen and oxygen atoms in total. The van der Waals surface area contributed by atoms with Crippen molar-refractivity contribution in [2.75, 3.05) is 0 Å². The highest BCUT2D eigenvalue weighted by molar-refractivity contribution is 5.27. The van der Waals surface area contributed by atoms with Crippen molar-refractivity contribution in [3.8, 4) is 0 Å². The van der Waals surface area contributed by atoms with Crippen molar-refractivity contribution < 1.29 is 4.39 Å². The number of hydrogen-bond donors (Lipinski definition) is 0. The van der Waals surface area contributed by atoms with E-state index in [1.165, 1.54) is 5.57 Å². The molecule has 0 fully saturated rings. The van der Waals surface area contributed by atoms with Gasteiger partial charge in [-0.2, -0.15) is 0 Å². The lowest BCUT2D eigenvalue weighted by atomic mass is 9.69. The molecule has 0 amide bonds. The topological polar surface area (TPSA) is 0 Å². The quantitative estimate of drug-likeness (QED) is 0.583. The second-order valence-corrected chi connectivity index (χ2v) is 6.43. The van der Waals surface area contributed by atoms with E-state index in [2.05, 4.69) is 41.5 Å². The number of rotatable bonds is 5. The third kappa shape index (κ3) is 3.46. The van der Waals surface area contributed by atoms with Crippen molar-refractivity contribution >= 4 is 0 Å². The molecule has 2 unspecified atom stereocenters. The van der Waals surface area contributed by atoms with E-state index in [1.54, 1.807) is 12.2 Å². The number of allylic oxidation sites excluding steroid dienone is 4. The van der Waals surface area contributed by atoms with E-state index < -0.39 is 0 Å². The molecule has 0 aromatic heterocycles. The zero-order valence-electron chi connectivity index (χ0n) is 12.8. The average molecular weight is 252 g/mol. The molecule has 1 rings (SSSR count). The molecule has 1 aliphatic carbocycles. The molecule has 0 saturated heterocycles. The summed E-state index contributed by atoms with van der Waals surface area (Å²) in [4.78, 5) is 0. The van der Waals surface area contributed by atoms with Crippen molar-refractivity contribution in [3.63, 3.8) is 0 Å². The van der Waals surface area contributed by atoms with Crippen molar-refractivity contribution in [2.24, 2.45) is 29.6 Å². The normalized spacial score (nSPS) is 22.4. The van der Waals surface area contributed by atoms with Gasteiger partial charge < -0.3 is 0 Å². The zero-order chi connectivity index (χ0) is 13.9. The first-order valence-corrected chi connectivity index (χ1v) is 7.45. The van der Waals surface area contributed by atoms with E-state index in [4.69, 9.17) is 0 Å². The van der Waals surface area contributed by atoms with Crippen molar-refractivity contribution in [2.45, 2.75) is 54.4 Å². The largest absolute Gasteiger partial charge is 0.207 e. The first-order valence-electron chi connectivity index (χ1n) is 7.45. The van der Waals surface area contributed by atoms with E-state index in [-0.39, 0.29) is 5.83 Å². The monoisotopic (exact) mass is 252 g/mol. The second-order valence-electron chi connectivity index (χ2n) is 6.43. The van der Waals surface area contributed by atoms with Crippen molar-refractivity contribution in [1.29, 1.82) is 0 Å². The van der Waals surface area contributed by atoms with Crippen LogP contribution in [-0.4, -0.2) is 0 Å². The Bertz CT molecular complexity index is 315. The zero-order valence-corrected chi connectivity index (χ0v) is 12.8. The van der Waals surface area contributed by atoms with Crippen LogP contribution < -0.4 is 0 Å². The predicted octanol–water partition coefficient (Wildman–Crippen LogP) is 5.76. The van der Waals surface area contributed by atoms with Gasteiger partial charge in [-0.1, -0.05) is 47.1 Å². The lowest BCUT2D eigenvalue weighted by Gasteiger charge is -2.36. The van der Waals surface area contributed by atoms with Crippen LogP contribution in [0.15, 0.2) is 23.6 Å².